The predicted molar refractivity (Wildman–Crippen MR) is 182 cm³/mol. The molecule has 4 heterocycles. The number of nitrogen functional groups attached to an aromatic ring is 1. The molecule has 46 heavy (non-hydrogen) atoms. The van der Waals surface area contributed by atoms with Crippen LogP contribution in [-0.4, -0.2) is 90.7 Å². The van der Waals surface area contributed by atoms with Crippen LogP contribution in [0.4, 0.5) is 21.0 Å². The van der Waals surface area contributed by atoms with Gasteiger partial charge in [0.1, 0.15) is 0 Å². The van der Waals surface area contributed by atoms with Crippen LogP contribution in [0.2, 0.25) is 0 Å². The fraction of sp³-hybridized carbons (Fsp3) is 0.583. The van der Waals surface area contributed by atoms with Crippen LogP contribution in [0.25, 0.3) is 0 Å². The molecule has 0 bridgehead atoms. The lowest BCUT2D eigenvalue weighted by Crippen LogP contribution is -2.52. The van der Waals surface area contributed by atoms with E-state index in [1.54, 1.807) is 4.90 Å². The minimum atomic E-state index is -0.905. The Hall–Kier alpha value is -3.79. The number of amides is 4. The molecule has 1 atom stereocenters. The van der Waals surface area contributed by atoms with Crippen LogP contribution < -0.4 is 16.4 Å². The topological polar surface area (TPSA) is 120 Å². The number of carbonyl (C=O) groups excluding carboxylic acids is 3. The molecule has 10 nitrogen and oxygen atoms in total. The summed E-state index contributed by atoms with van der Waals surface area (Å²) in [5.41, 5.74) is 11.8. The van der Waals surface area contributed by atoms with Gasteiger partial charge in [-0.1, -0.05) is 30.3 Å². The monoisotopic (exact) mass is 632 g/mol. The van der Waals surface area contributed by atoms with Gasteiger partial charge in [0.15, 0.2) is 6.10 Å². The predicted octanol–water partition coefficient (Wildman–Crippen LogP) is 4.97. The number of carbonyl (C=O) groups is 3. The van der Waals surface area contributed by atoms with Crippen LogP contribution >= 0.6 is 0 Å². The Kier molecular flexibility index (Phi) is 10.0. The molecule has 0 aliphatic carbocycles. The van der Waals surface area contributed by atoms with Crippen LogP contribution in [-0.2, 0) is 22.4 Å². The minimum Gasteiger partial charge on any atom is -0.436 e. The maximum atomic E-state index is 14.0. The number of piperidine rings is 3. The number of fused-ring (bicyclic) bond motifs is 1. The molecule has 2 aromatic rings. The van der Waals surface area contributed by atoms with E-state index in [-0.39, 0.29) is 19.4 Å². The molecular formula is C36H52N6O4. The van der Waals surface area contributed by atoms with Crippen LogP contribution in [0.1, 0.15) is 62.2 Å². The smallest absolute Gasteiger partial charge is 0.410 e. The fourth-order valence-electron chi connectivity index (χ4n) is 7.98. The standard InChI is InChI=1S/C36H50N6O4.H2/c1-24-21-26(22-25(2)33(24)37)23-32(34(43)40-16-9-28(10-17-40)27-7-14-38-15-8-27)46-36(45)41-18-12-30(13-19-41)42-20-11-29-5-3-4-6-31(29)39-35(42)44;/h3-6,21-22,27-28,30,32,38H,7-20,23,37H2,1-2H3,(H,39,44);1H/t32-;/m1./s1. The number of hydrogen-bond acceptors (Lipinski definition) is 6. The number of ether oxygens (including phenoxy) is 1. The third kappa shape index (κ3) is 7.27. The average Bonchev–Trinajstić information content (AvgIpc) is 3.25. The van der Waals surface area contributed by atoms with Gasteiger partial charge in [-0.3, -0.25) is 4.79 Å². The summed E-state index contributed by atoms with van der Waals surface area (Å²) >= 11 is 0. The first kappa shape index (κ1) is 32.2. The summed E-state index contributed by atoms with van der Waals surface area (Å²) in [5.74, 6) is 1.27. The third-order valence-electron chi connectivity index (χ3n) is 10.8. The Bertz CT molecular complexity index is 1390. The summed E-state index contributed by atoms with van der Waals surface area (Å²) in [7, 11) is 0. The zero-order chi connectivity index (χ0) is 32.2. The van der Waals surface area contributed by atoms with Gasteiger partial charge < -0.3 is 35.8 Å². The molecular weight excluding hydrogens is 580 g/mol. The number of nitrogens with zero attached hydrogens (tertiary/aromatic N) is 3. The van der Waals surface area contributed by atoms with Crippen molar-refractivity contribution in [2.24, 2.45) is 11.8 Å². The van der Waals surface area contributed by atoms with Crippen LogP contribution in [0, 0.1) is 25.7 Å². The molecule has 10 heteroatoms. The normalized spacial score (nSPS) is 20.9. The maximum absolute atomic E-state index is 14.0. The lowest BCUT2D eigenvalue weighted by Gasteiger charge is -2.39. The minimum absolute atomic E-state index is 0. The largest absolute Gasteiger partial charge is 0.436 e. The van der Waals surface area contributed by atoms with E-state index < -0.39 is 12.2 Å². The molecule has 3 fully saturated rings. The third-order valence-corrected chi connectivity index (χ3v) is 10.8. The number of anilines is 2. The van der Waals surface area contributed by atoms with E-state index in [0.29, 0.717) is 57.9 Å². The molecule has 4 N–H and O–H groups in total. The number of rotatable bonds is 6. The summed E-state index contributed by atoms with van der Waals surface area (Å²) in [5, 5.41) is 6.52. The number of nitrogens with two attached hydrogens (primary N) is 1. The highest BCUT2D eigenvalue weighted by atomic mass is 16.6. The molecule has 250 valence electrons. The van der Waals surface area contributed by atoms with Crippen LogP contribution in [0.3, 0.4) is 0 Å². The van der Waals surface area contributed by atoms with E-state index in [1.807, 2.05) is 54.0 Å². The van der Waals surface area contributed by atoms with Gasteiger partial charge in [0.25, 0.3) is 5.91 Å². The van der Waals surface area contributed by atoms with Crippen LogP contribution in [0.5, 0.6) is 0 Å². The van der Waals surface area contributed by atoms with Crippen molar-refractivity contribution in [3.8, 4) is 0 Å². The summed E-state index contributed by atoms with van der Waals surface area (Å²) in [6.07, 6.45) is 5.49. The second kappa shape index (κ2) is 14.3. The van der Waals surface area contributed by atoms with Crippen molar-refractivity contribution in [2.75, 3.05) is 56.9 Å². The van der Waals surface area contributed by atoms with E-state index in [2.05, 4.69) is 16.7 Å². The first-order valence-electron chi connectivity index (χ1n) is 17.2. The zero-order valence-electron chi connectivity index (χ0n) is 27.4. The van der Waals surface area contributed by atoms with E-state index in [0.717, 1.165) is 71.9 Å². The van der Waals surface area contributed by atoms with Gasteiger partial charge >= 0.3 is 12.1 Å². The molecule has 6 rings (SSSR count). The lowest BCUT2D eigenvalue weighted by atomic mass is 9.79. The van der Waals surface area contributed by atoms with Crippen molar-refractivity contribution in [1.29, 1.82) is 0 Å². The second-order valence-electron chi connectivity index (χ2n) is 13.7. The van der Waals surface area contributed by atoms with Crippen molar-refractivity contribution >= 4 is 29.4 Å². The Labute approximate surface area is 274 Å². The summed E-state index contributed by atoms with van der Waals surface area (Å²) < 4.78 is 6.09. The van der Waals surface area contributed by atoms with E-state index in [4.69, 9.17) is 10.5 Å². The highest BCUT2D eigenvalue weighted by molar-refractivity contribution is 5.91. The molecule has 0 aromatic heterocycles. The van der Waals surface area contributed by atoms with Crippen molar-refractivity contribution < 1.29 is 20.5 Å². The lowest BCUT2D eigenvalue weighted by molar-refractivity contribution is -0.142. The van der Waals surface area contributed by atoms with Crippen molar-refractivity contribution in [1.82, 2.24) is 20.0 Å². The van der Waals surface area contributed by atoms with Crippen molar-refractivity contribution in [3.63, 3.8) is 0 Å². The van der Waals surface area contributed by atoms with Gasteiger partial charge in [-0.15, -0.1) is 0 Å². The number of aryl methyl sites for hydroxylation is 2. The van der Waals surface area contributed by atoms with Gasteiger partial charge in [-0.05, 0) is 112 Å². The number of urea groups is 1. The summed E-state index contributed by atoms with van der Waals surface area (Å²) in [6, 6.07) is 11.9. The number of para-hydroxylation sites is 1. The first-order valence-corrected chi connectivity index (χ1v) is 17.2. The van der Waals surface area contributed by atoms with E-state index >= 15 is 0 Å². The van der Waals surface area contributed by atoms with Gasteiger partial charge in [0.2, 0.25) is 0 Å². The van der Waals surface area contributed by atoms with Crippen molar-refractivity contribution in [3.05, 3.63) is 58.7 Å². The number of nitrogens with one attached hydrogen (secondary N) is 2. The van der Waals surface area contributed by atoms with Crippen LogP contribution in [0.15, 0.2) is 36.4 Å². The Morgan fingerprint density at radius 2 is 1.54 bits per heavy atom. The molecule has 3 saturated heterocycles. The van der Waals surface area contributed by atoms with Gasteiger partial charge in [0.05, 0.1) is 0 Å². The molecule has 4 aliphatic heterocycles. The summed E-state index contributed by atoms with van der Waals surface area (Å²) in [6.45, 7) is 9.09. The Balaban J connectivity index is 0.00000433. The Morgan fingerprint density at radius 3 is 2.24 bits per heavy atom. The highest BCUT2D eigenvalue weighted by Gasteiger charge is 2.36. The molecule has 0 radical (unpaired) electrons. The molecule has 4 amide bonds. The molecule has 4 aliphatic rings. The summed E-state index contributed by atoms with van der Waals surface area (Å²) in [4.78, 5) is 46.2. The number of benzene rings is 2. The van der Waals surface area contributed by atoms with Gasteiger partial charge in [0, 0.05) is 58.0 Å². The quantitative estimate of drug-likeness (QED) is 0.387. The van der Waals surface area contributed by atoms with Crippen molar-refractivity contribution in [2.45, 2.75) is 77.4 Å². The van der Waals surface area contributed by atoms with E-state index in [1.165, 1.54) is 12.8 Å². The zero-order valence-corrected chi connectivity index (χ0v) is 27.4. The molecule has 0 spiro atoms. The highest BCUT2D eigenvalue weighted by Crippen LogP contribution is 2.32. The first-order chi connectivity index (χ1) is 22.3. The number of hydrogen-bond donors (Lipinski definition) is 3. The molecule has 0 unspecified atom stereocenters. The average molecular weight is 633 g/mol. The number of likely N-dealkylation sites (tertiary alicyclic amines) is 2. The Morgan fingerprint density at radius 1 is 0.913 bits per heavy atom. The maximum Gasteiger partial charge on any atom is 0.410 e. The fourth-order valence-corrected chi connectivity index (χ4v) is 7.98. The molecule has 2 aromatic carbocycles. The van der Waals surface area contributed by atoms with Gasteiger partial charge in [-0.2, -0.15) is 0 Å². The SMILES string of the molecule is Cc1cc(C[C@@H](OC(=O)N2CCC(N3CCc4ccccc4NC3=O)CC2)C(=O)N2CCC(C3CCNCC3)CC2)cc(C)c1N.[HH]. The molecule has 0 saturated carbocycles. The van der Waals surface area contributed by atoms with E-state index in [9.17, 15) is 14.4 Å². The second-order valence-corrected chi connectivity index (χ2v) is 13.7. The van der Waals surface area contributed by atoms with Gasteiger partial charge in [-0.25, -0.2) is 9.59 Å².